The first-order valence-electron chi connectivity index (χ1n) is 8.44. The average molecular weight is 399 g/mol. The van der Waals surface area contributed by atoms with E-state index in [1.165, 1.54) is 18.9 Å². The van der Waals surface area contributed by atoms with Crippen molar-refractivity contribution in [3.8, 4) is 11.8 Å². The van der Waals surface area contributed by atoms with Gasteiger partial charge >= 0.3 is 5.97 Å². The topological polar surface area (TPSA) is 114 Å². The van der Waals surface area contributed by atoms with Gasteiger partial charge in [0.25, 0.3) is 0 Å². The summed E-state index contributed by atoms with van der Waals surface area (Å²) in [7, 11) is 1.47. The average Bonchev–Trinajstić information content (AvgIpc) is 2.71. The van der Waals surface area contributed by atoms with Crippen LogP contribution in [-0.2, 0) is 9.53 Å². The van der Waals surface area contributed by atoms with E-state index in [9.17, 15) is 9.59 Å². The van der Waals surface area contributed by atoms with Crippen LogP contribution < -0.4 is 15.8 Å². The van der Waals surface area contributed by atoms with Gasteiger partial charge in [-0.15, -0.1) is 11.8 Å². The summed E-state index contributed by atoms with van der Waals surface area (Å²) in [6.07, 6.45) is 1.79. The molecule has 0 fully saturated rings. The standard InChI is InChI=1S/C20H21N3O4S/c1-4-27-20(25)16(23-13-7-5-12(11-21)6-8-13)14-9-10-15(19(22)24)18(28-3)17(14)26-2/h5-10,16,23H,4H2,1-3H3,(H2,22,24). The lowest BCUT2D eigenvalue weighted by atomic mass is 10.0. The van der Waals surface area contributed by atoms with Crippen LogP contribution in [0.25, 0.3) is 0 Å². The Morgan fingerprint density at radius 1 is 1.25 bits per heavy atom. The largest absolute Gasteiger partial charge is 0.495 e. The number of nitrogens with one attached hydrogen (secondary N) is 1. The highest BCUT2D eigenvalue weighted by atomic mass is 32.2. The molecule has 1 amide bonds. The van der Waals surface area contributed by atoms with Crippen molar-refractivity contribution in [1.82, 2.24) is 0 Å². The summed E-state index contributed by atoms with van der Waals surface area (Å²) in [5.41, 5.74) is 7.42. The van der Waals surface area contributed by atoms with Gasteiger partial charge in [0.1, 0.15) is 5.75 Å². The molecule has 0 aromatic heterocycles. The number of thioether (sulfide) groups is 1. The maximum absolute atomic E-state index is 12.7. The minimum atomic E-state index is -0.879. The maximum Gasteiger partial charge on any atom is 0.333 e. The van der Waals surface area contributed by atoms with Crippen molar-refractivity contribution in [2.24, 2.45) is 5.73 Å². The smallest absolute Gasteiger partial charge is 0.333 e. The second-order valence-electron chi connectivity index (χ2n) is 5.65. The zero-order valence-corrected chi connectivity index (χ0v) is 16.6. The lowest BCUT2D eigenvalue weighted by Gasteiger charge is -2.23. The SMILES string of the molecule is CCOC(=O)C(Nc1ccc(C#N)cc1)c1ccc(C(N)=O)c(SC)c1OC. The first-order chi connectivity index (χ1) is 13.5. The van der Waals surface area contributed by atoms with Gasteiger partial charge in [0, 0.05) is 11.3 Å². The highest BCUT2D eigenvalue weighted by Crippen LogP contribution is 2.39. The van der Waals surface area contributed by atoms with E-state index >= 15 is 0 Å². The van der Waals surface area contributed by atoms with Crippen molar-refractivity contribution in [2.45, 2.75) is 17.9 Å². The molecule has 0 spiro atoms. The number of nitrogens with zero attached hydrogens (tertiary/aromatic N) is 1. The molecular weight excluding hydrogens is 378 g/mol. The Hall–Kier alpha value is -3.18. The molecule has 0 saturated carbocycles. The van der Waals surface area contributed by atoms with Crippen LogP contribution in [0.15, 0.2) is 41.3 Å². The number of carbonyl (C=O) groups is 2. The number of esters is 1. The van der Waals surface area contributed by atoms with E-state index in [0.29, 0.717) is 33.0 Å². The van der Waals surface area contributed by atoms with E-state index in [4.69, 9.17) is 20.5 Å². The van der Waals surface area contributed by atoms with Gasteiger partial charge in [0.15, 0.2) is 6.04 Å². The molecule has 2 aromatic rings. The van der Waals surface area contributed by atoms with Gasteiger partial charge in [-0.1, -0.05) is 6.07 Å². The van der Waals surface area contributed by atoms with Gasteiger partial charge in [-0.3, -0.25) is 4.79 Å². The summed E-state index contributed by atoms with van der Waals surface area (Å²) in [4.78, 5) is 24.9. The molecule has 0 aliphatic carbocycles. The molecule has 28 heavy (non-hydrogen) atoms. The molecule has 0 heterocycles. The lowest BCUT2D eigenvalue weighted by Crippen LogP contribution is -2.24. The van der Waals surface area contributed by atoms with Crippen molar-refractivity contribution in [3.05, 3.63) is 53.1 Å². The summed E-state index contributed by atoms with van der Waals surface area (Å²) in [6, 6.07) is 11.0. The quantitative estimate of drug-likeness (QED) is 0.518. The molecule has 0 saturated heterocycles. The zero-order chi connectivity index (χ0) is 20.7. The number of rotatable bonds is 8. The summed E-state index contributed by atoms with van der Waals surface area (Å²) >= 11 is 1.30. The number of anilines is 1. The number of hydrogen-bond acceptors (Lipinski definition) is 7. The number of nitrogens with two attached hydrogens (primary N) is 1. The number of benzene rings is 2. The predicted octanol–water partition coefficient (Wildman–Crippen LogP) is 3.10. The van der Waals surface area contributed by atoms with E-state index in [1.807, 2.05) is 6.07 Å². The molecule has 8 heteroatoms. The van der Waals surface area contributed by atoms with E-state index in [1.54, 1.807) is 49.6 Å². The molecule has 7 nitrogen and oxygen atoms in total. The van der Waals surface area contributed by atoms with Gasteiger partial charge in [-0.05, 0) is 43.5 Å². The molecule has 1 atom stereocenters. The second-order valence-corrected chi connectivity index (χ2v) is 6.47. The number of hydrogen-bond donors (Lipinski definition) is 2. The van der Waals surface area contributed by atoms with Gasteiger partial charge in [0.05, 0.1) is 35.8 Å². The molecule has 2 aromatic carbocycles. The molecule has 3 N–H and O–H groups in total. The van der Waals surface area contributed by atoms with Crippen molar-refractivity contribution >= 4 is 29.3 Å². The minimum Gasteiger partial charge on any atom is -0.495 e. The van der Waals surface area contributed by atoms with Crippen LogP contribution in [0, 0.1) is 11.3 Å². The van der Waals surface area contributed by atoms with E-state index < -0.39 is 17.9 Å². The summed E-state index contributed by atoms with van der Waals surface area (Å²) < 4.78 is 10.7. The number of methoxy groups -OCH3 is 1. The number of ether oxygens (including phenoxy) is 2. The predicted molar refractivity (Wildman–Crippen MR) is 107 cm³/mol. The Morgan fingerprint density at radius 3 is 2.43 bits per heavy atom. The van der Waals surface area contributed by atoms with Crippen molar-refractivity contribution < 1.29 is 19.1 Å². The van der Waals surface area contributed by atoms with Crippen molar-refractivity contribution in [2.75, 3.05) is 25.3 Å². The maximum atomic E-state index is 12.7. The third-order valence-electron chi connectivity index (χ3n) is 3.97. The summed E-state index contributed by atoms with van der Waals surface area (Å²) in [5.74, 6) is -0.700. The number of carbonyl (C=O) groups excluding carboxylic acids is 2. The van der Waals surface area contributed by atoms with Crippen LogP contribution in [-0.4, -0.2) is 31.8 Å². The van der Waals surface area contributed by atoms with Crippen LogP contribution >= 0.6 is 11.8 Å². The van der Waals surface area contributed by atoms with Crippen LogP contribution in [0.5, 0.6) is 5.75 Å². The van der Waals surface area contributed by atoms with Gasteiger partial charge < -0.3 is 20.5 Å². The molecule has 2 rings (SSSR count). The summed E-state index contributed by atoms with van der Waals surface area (Å²) in [5, 5.41) is 12.1. The Labute approximate surface area is 167 Å². The van der Waals surface area contributed by atoms with Crippen molar-refractivity contribution in [3.63, 3.8) is 0 Å². The number of primary amides is 1. The molecule has 146 valence electrons. The Balaban J connectivity index is 2.55. The van der Waals surface area contributed by atoms with Crippen LogP contribution in [0.2, 0.25) is 0 Å². The third kappa shape index (κ3) is 4.56. The number of amides is 1. The normalized spacial score (nSPS) is 11.2. The molecule has 0 bridgehead atoms. The molecular formula is C20H21N3O4S. The highest BCUT2D eigenvalue weighted by molar-refractivity contribution is 7.98. The number of nitriles is 1. The molecule has 0 aliphatic rings. The van der Waals surface area contributed by atoms with Crippen LogP contribution in [0.1, 0.15) is 34.5 Å². The Kier molecular flexibility index (Phi) is 7.29. The zero-order valence-electron chi connectivity index (χ0n) is 15.8. The third-order valence-corrected chi connectivity index (χ3v) is 4.79. The molecule has 1 unspecified atom stereocenters. The van der Waals surface area contributed by atoms with Gasteiger partial charge in [-0.2, -0.15) is 5.26 Å². The fraction of sp³-hybridized carbons (Fsp3) is 0.250. The van der Waals surface area contributed by atoms with E-state index in [0.717, 1.165) is 0 Å². The van der Waals surface area contributed by atoms with Crippen molar-refractivity contribution in [1.29, 1.82) is 5.26 Å². The highest BCUT2D eigenvalue weighted by Gasteiger charge is 2.28. The fourth-order valence-corrected chi connectivity index (χ4v) is 3.48. The van der Waals surface area contributed by atoms with Crippen LogP contribution in [0.4, 0.5) is 5.69 Å². The first kappa shape index (κ1) is 21.1. The van der Waals surface area contributed by atoms with Crippen LogP contribution in [0.3, 0.4) is 0 Å². The van der Waals surface area contributed by atoms with Gasteiger partial charge in [-0.25, -0.2) is 4.79 Å². The first-order valence-corrected chi connectivity index (χ1v) is 9.67. The monoisotopic (exact) mass is 399 g/mol. The van der Waals surface area contributed by atoms with E-state index in [2.05, 4.69) is 5.32 Å². The molecule has 0 radical (unpaired) electrons. The fourth-order valence-electron chi connectivity index (χ4n) is 2.71. The minimum absolute atomic E-state index is 0.210. The molecule has 0 aliphatic heterocycles. The Bertz CT molecular complexity index is 907. The summed E-state index contributed by atoms with van der Waals surface area (Å²) in [6.45, 7) is 1.93. The second kappa shape index (κ2) is 9.67. The lowest BCUT2D eigenvalue weighted by molar-refractivity contribution is -0.144. The van der Waals surface area contributed by atoms with E-state index in [-0.39, 0.29) is 6.61 Å². The van der Waals surface area contributed by atoms with Gasteiger partial charge in [0.2, 0.25) is 5.91 Å². The Morgan fingerprint density at radius 2 is 1.93 bits per heavy atom.